The molecule has 1 fully saturated rings. The maximum Gasteiger partial charge on any atom is 0.130 e. The van der Waals surface area contributed by atoms with Gasteiger partial charge >= 0.3 is 0 Å². The number of ether oxygens (including phenoxy) is 2. The van der Waals surface area contributed by atoms with Crippen molar-refractivity contribution < 1.29 is 19.0 Å². The highest BCUT2D eigenvalue weighted by molar-refractivity contribution is 6.30. The first-order chi connectivity index (χ1) is 12.1. The molecule has 0 saturated carbocycles. The van der Waals surface area contributed by atoms with Crippen molar-refractivity contribution in [1.29, 1.82) is 0 Å². The Labute approximate surface area is 151 Å². The molecule has 1 aliphatic heterocycles. The molecule has 0 unspecified atom stereocenters. The molecule has 0 bridgehead atoms. The first-order valence-electron chi connectivity index (χ1n) is 8.21. The molecule has 0 spiro atoms. The Balaban J connectivity index is 1.40. The fraction of sp³-hybridized carbons (Fsp3) is 0.368. The second-order valence-electron chi connectivity index (χ2n) is 6.08. The van der Waals surface area contributed by atoms with Crippen LogP contribution in [-0.2, 0) is 0 Å². The Morgan fingerprint density at radius 1 is 1.32 bits per heavy atom. The standard InChI is InChI=1S/C19H20ClFNO3/c20-14-4-6-17(7-5-14)25-19-8-9-22(12-19)11-16(23)13-24-18-3-1-2-15(21)10-18/h1-2,4-7,10,16,19,23H,8-9,11-13H2/t16-,19+/m1/s1. The van der Waals surface area contributed by atoms with E-state index in [1.54, 1.807) is 12.1 Å². The first-order valence-corrected chi connectivity index (χ1v) is 8.59. The molecule has 1 N–H and O–H groups in total. The van der Waals surface area contributed by atoms with E-state index in [-0.39, 0.29) is 18.5 Å². The van der Waals surface area contributed by atoms with Crippen molar-refractivity contribution in [2.75, 3.05) is 26.2 Å². The molecule has 1 aliphatic rings. The van der Waals surface area contributed by atoms with E-state index in [0.29, 0.717) is 17.3 Å². The molecule has 2 aromatic carbocycles. The van der Waals surface area contributed by atoms with Crippen molar-refractivity contribution >= 4 is 11.6 Å². The van der Waals surface area contributed by atoms with Crippen molar-refractivity contribution in [2.45, 2.75) is 18.6 Å². The van der Waals surface area contributed by atoms with Gasteiger partial charge in [0.2, 0.25) is 0 Å². The predicted octanol–water partition coefficient (Wildman–Crippen LogP) is 3.17. The quantitative estimate of drug-likeness (QED) is 0.819. The average molecular weight is 365 g/mol. The fourth-order valence-corrected chi connectivity index (χ4v) is 2.93. The molecule has 0 aromatic heterocycles. The zero-order chi connectivity index (χ0) is 17.6. The number of aliphatic hydroxyl groups is 1. The van der Waals surface area contributed by atoms with Crippen molar-refractivity contribution in [2.24, 2.45) is 0 Å². The van der Waals surface area contributed by atoms with E-state index in [9.17, 15) is 9.50 Å². The fourth-order valence-electron chi connectivity index (χ4n) is 2.80. The summed E-state index contributed by atoms with van der Waals surface area (Å²) in [5.41, 5.74) is 0. The van der Waals surface area contributed by atoms with Crippen molar-refractivity contribution in [3.63, 3.8) is 0 Å². The molecule has 4 nitrogen and oxygen atoms in total. The Bertz CT molecular complexity index is 683. The summed E-state index contributed by atoms with van der Waals surface area (Å²) < 4.78 is 24.4. The monoisotopic (exact) mass is 364 g/mol. The van der Waals surface area contributed by atoms with Gasteiger partial charge in [0, 0.05) is 36.8 Å². The molecule has 1 saturated heterocycles. The van der Waals surface area contributed by atoms with E-state index in [2.05, 4.69) is 11.0 Å². The van der Waals surface area contributed by atoms with Gasteiger partial charge in [-0.1, -0.05) is 11.6 Å². The van der Waals surface area contributed by atoms with E-state index in [4.69, 9.17) is 21.1 Å². The smallest absolute Gasteiger partial charge is 0.130 e. The third kappa shape index (κ3) is 5.59. The third-order valence-electron chi connectivity index (χ3n) is 3.98. The van der Waals surface area contributed by atoms with E-state index in [1.807, 2.05) is 12.1 Å². The van der Waals surface area contributed by atoms with Gasteiger partial charge in [-0.25, -0.2) is 4.39 Å². The molecule has 2 atom stereocenters. The first kappa shape index (κ1) is 18.0. The minimum atomic E-state index is -0.661. The number of aliphatic hydroxyl groups excluding tert-OH is 1. The van der Waals surface area contributed by atoms with Crippen LogP contribution in [-0.4, -0.2) is 48.5 Å². The topological polar surface area (TPSA) is 41.9 Å². The summed E-state index contributed by atoms with van der Waals surface area (Å²) in [6, 6.07) is 14.1. The number of benzene rings is 2. The molecule has 3 rings (SSSR count). The molecule has 1 heterocycles. The SMILES string of the molecule is O[C@@H](COc1[c]ccc(F)c1)CN1CC[C@H](Oc2ccc(Cl)cc2)C1. The van der Waals surface area contributed by atoms with Crippen LogP contribution < -0.4 is 9.47 Å². The lowest BCUT2D eigenvalue weighted by Gasteiger charge is -2.20. The number of rotatable bonds is 7. The van der Waals surface area contributed by atoms with Crippen LogP contribution in [0.3, 0.4) is 0 Å². The Morgan fingerprint density at radius 3 is 2.88 bits per heavy atom. The summed E-state index contributed by atoms with van der Waals surface area (Å²) in [7, 11) is 0. The zero-order valence-corrected chi connectivity index (χ0v) is 14.5. The summed E-state index contributed by atoms with van der Waals surface area (Å²) in [6.07, 6.45) is 0.324. The zero-order valence-electron chi connectivity index (χ0n) is 13.7. The second kappa shape index (κ2) is 8.52. The van der Waals surface area contributed by atoms with Crippen molar-refractivity contribution in [3.05, 3.63) is 59.4 Å². The van der Waals surface area contributed by atoms with Gasteiger partial charge in [-0.3, -0.25) is 4.90 Å². The molecule has 6 heteroatoms. The lowest BCUT2D eigenvalue weighted by Crippen LogP contribution is -2.35. The van der Waals surface area contributed by atoms with Crippen LogP contribution in [0.1, 0.15) is 6.42 Å². The van der Waals surface area contributed by atoms with E-state index < -0.39 is 6.10 Å². The van der Waals surface area contributed by atoms with Gasteiger partial charge < -0.3 is 14.6 Å². The molecular formula is C19H20ClFNO3. The van der Waals surface area contributed by atoms with E-state index in [0.717, 1.165) is 25.3 Å². The largest absolute Gasteiger partial charge is 0.490 e. The number of likely N-dealkylation sites (tertiary alicyclic amines) is 1. The molecule has 2 aromatic rings. The molecule has 25 heavy (non-hydrogen) atoms. The minimum Gasteiger partial charge on any atom is -0.490 e. The highest BCUT2D eigenvalue weighted by Gasteiger charge is 2.25. The van der Waals surface area contributed by atoms with Crippen LogP contribution in [0.15, 0.2) is 42.5 Å². The molecule has 0 amide bonds. The van der Waals surface area contributed by atoms with Gasteiger partial charge in [-0.15, -0.1) is 0 Å². The van der Waals surface area contributed by atoms with Gasteiger partial charge in [0.05, 0.1) is 0 Å². The van der Waals surface area contributed by atoms with Gasteiger partial charge in [0.1, 0.15) is 36.1 Å². The Hall–Kier alpha value is -1.82. The molecule has 133 valence electrons. The van der Waals surface area contributed by atoms with Gasteiger partial charge in [-0.2, -0.15) is 0 Å². The lowest BCUT2D eigenvalue weighted by molar-refractivity contribution is 0.0718. The van der Waals surface area contributed by atoms with Crippen LogP contribution in [0.5, 0.6) is 11.5 Å². The normalized spacial score (nSPS) is 18.9. The minimum absolute atomic E-state index is 0.0887. The summed E-state index contributed by atoms with van der Waals surface area (Å²) in [5, 5.41) is 10.8. The maximum absolute atomic E-state index is 13.1. The summed E-state index contributed by atoms with van der Waals surface area (Å²) in [5.74, 6) is 0.705. The van der Waals surface area contributed by atoms with Crippen LogP contribution >= 0.6 is 11.6 Å². The summed E-state index contributed by atoms with van der Waals surface area (Å²) in [6.45, 7) is 2.17. The van der Waals surface area contributed by atoms with Crippen LogP contribution in [0.4, 0.5) is 4.39 Å². The van der Waals surface area contributed by atoms with Crippen LogP contribution in [0.25, 0.3) is 0 Å². The Morgan fingerprint density at radius 2 is 2.12 bits per heavy atom. The third-order valence-corrected chi connectivity index (χ3v) is 4.23. The van der Waals surface area contributed by atoms with E-state index >= 15 is 0 Å². The maximum atomic E-state index is 13.1. The van der Waals surface area contributed by atoms with Crippen LogP contribution in [0, 0.1) is 11.9 Å². The van der Waals surface area contributed by atoms with Crippen molar-refractivity contribution in [3.8, 4) is 11.5 Å². The Kier molecular flexibility index (Phi) is 6.13. The summed E-state index contributed by atoms with van der Waals surface area (Å²) in [4.78, 5) is 2.13. The second-order valence-corrected chi connectivity index (χ2v) is 6.51. The number of hydrogen-bond acceptors (Lipinski definition) is 4. The number of β-amino-alcohol motifs (C(OH)–C–C–N with tert-alkyl or cyclic N) is 1. The lowest BCUT2D eigenvalue weighted by atomic mass is 10.3. The highest BCUT2D eigenvalue weighted by Crippen LogP contribution is 2.21. The number of nitrogens with zero attached hydrogens (tertiary/aromatic N) is 1. The highest BCUT2D eigenvalue weighted by atomic mass is 35.5. The molecule has 1 radical (unpaired) electrons. The van der Waals surface area contributed by atoms with Crippen molar-refractivity contribution in [1.82, 2.24) is 4.90 Å². The summed E-state index contributed by atoms with van der Waals surface area (Å²) >= 11 is 5.86. The van der Waals surface area contributed by atoms with Gasteiger partial charge in [-0.05, 0) is 42.8 Å². The predicted molar refractivity (Wildman–Crippen MR) is 93.7 cm³/mol. The average Bonchev–Trinajstić information content (AvgIpc) is 3.02. The van der Waals surface area contributed by atoms with Gasteiger partial charge in [0.25, 0.3) is 0 Å². The van der Waals surface area contributed by atoms with Crippen LogP contribution in [0.2, 0.25) is 5.02 Å². The molecule has 0 aliphatic carbocycles. The molecular weight excluding hydrogens is 345 g/mol. The van der Waals surface area contributed by atoms with E-state index in [1.165, 1.54) is 18.2 Å². The number of hydrogen-bond donors (Lipinski definition) is 1. The van der Waals surface area contributed by atoms with Gasteiger partial charge in [0.15, 0.2) is 0 Å². The number of halogens is 2.